The molecule has 1 aliphatic heterocycles. The van der Waals surface area contributed by atoms with Gasteiger partial charge in [0, 0.05) is 18.2 Å². The van der Waals surface area contributed by atoms with Crippen molar-refractivity contribution in [2.75, 3.05) is 6.54 Å². The van der Waals surface area contributed by atoms with Crippen LogP contribution in [-0.2, 0) is 4.74 Å². The first-order chi connectivity index (χ1) is 16.7. The van der Waals surface area contributed by atoms with Gasteiger partial charge in [0.15, 0.2) is 0 Å². The van der Waals surface area contributed by atoms with Gasteiger partial charge in [-0.3, -0.25) is 0 Å². The minimum Gasteiger partial charge on any atom is -0.444 e. The van der Waals surface area contributed by atoms with Crippen LogP contribution in [0.5, 0.6) is 0 Å². The lowest BCUT2D eigenvalue weighted by Crippen LogP contribution is -2.55. The van der Waals surface area contributed by atoms with Crippen LogP contribution in [0, 0.1) is 0 Å². The Bertz CT molecular complexity index is 1030. The molecule has 0 unspecified atom stereocenters. The third kappa shape index (κ3) is 5.81. The summed E-state index contributed by atoms with van der Waals surface area (Å²) in [6.45, 7) is 19.7. The summed E-state index contributed by atoms with van der Waals surface area (Å²) in [6, 6.07) is 5.55. The number of carbonyl (C=O) groups is 1. The number of amides is 1. The molecule has 0 aliphatic carbocycles. The van der Waals surface area contributed by atoms with E-state index in [1.165, 1.54) is 4.63 Å². The fourth-order valence-electron chi connectivity index (χ4n) is 6.34. The van der Waals surface area contributed by atoms with Crippen LogP contribution in [0.4, 0.5) is 9.18 Å². The zero-order valence-electron chi connectivity index (χ0n) is 23.5. The summed E-state index contributed by atoms with van der Waals surface area (Å²) in [6.07, 6.45) is -1.52. The average Bonchev–Trinajstić information content (AvgIpc) is 3.16. The molecule has 1 fully saturated rings. The van der Waals surface area contributed by atoms with E-state index in [4.69, 9.17) is 9.72 Å². The van der Waals surface area contributed by atoms with Crippen molar-refractivity contribution in [3.05, 3.63) is 23.8 Å². The molecule has 3 rings (SSSR count). The molecule has 0 spiro atoms. The monoisotopic (exact) mass is 536 g/mol. The smallest absolute Gasteiger partial charge is 0.410 e. The minimum atomic E-state index is -1.94. The summed E-state index contributed by atoms with van der Waals surface area (Å²) < 4.78 is 22.3. The third-order valence-electron chi connectivity index (χ3n) is 7.82. The highest BCUT2D eigenvalue weighted by atomic mass is 32.1. The van der Waals surface area contributed by atoms with Gasteiger partial charge in [-0.05, 0) is 62.7 Å². The van der Waals surface area contributed by atoms with E-state index in [0.717, 1.165) is 15.8 Å². The number of halogens is 1. The number of hydrogen-bond donors (Lipinski definition) is 1. The van der Waals surface area contributed by atoms with Crippen molar-refractivity contribution in [1.82, 2.24) is 9.88 Å². The quantitative estimate of drug-likeness (QED) is 0.376. The van der Waals surface area contributed by atoms with Gasteiger partial charge in [0.25, 0.3) is 0 Å². The van der Waals surface area contributed by atoms with Crippen LogP contribution in [0.1, 0.15) is 93.2 Å². The molecule has 1 aliphatic rings. The Hall–Kier alpha value is -1.51. The number of aliphatic hydroxyl groups excluding tert-OH is 1. The molecule has 202 valence electrons. The largest absolute Gasteiger partial charge is 0.444 e. The molecule has 0 saturated carbocycles. The molecule has 1 aromatic carbocycles. The van der Waals surface area contributed by atoms with Gasteiger partial charge in [-0.25, -0.2) is 14.2 Å². The molecule has 1 aromatic heterocycles. The number of aromatic nitrogens is 1. The highest BCUT2D eigenvalue weighted by Crippen LogP contribution is 2.43. The maximum atomic E-state index is 14.4. The van der Waals surface area contributed by atoms with Gasteiger partial charge >= 0.3 is 6.09 Å². The third-order valence-corrected chi connectivity index (χ3v) is 16.6. The number of para-hydroxylation sites is 1. The predicted octanol–water partition coefficient (Wildman–Crippen LogP) is 7.34. The Balaban J connectivity index is 1.96. The standard InChI is InChI=1S/C28H45FN2O3SSi/c1-17(2)36(18(3)4,19(5)6)26-30-25-22(11-10-12-24(25)35-26)23(32)16-21-15-20(29)13-14-31(21)27(33)34-28(7,8)9/h10-12,17-21,23,32H,13-16H2,1-9H3/t20-,21-,23-/m1/s1. The summed E-state index contributed by atoms with van der Waals surface area (Å²) >= 11 is 1.77. The van der Waals surface area contributed by atoms with Crippen LogP contribution in [0.15, 0.2) is 18.2 Å². The molecule has 1 saturated heterocycles. The lowest BCUT2D eigenvalue weighted by molar-refractivity contribution is -0.00657. The number of aliphatic hydroxyl groups is 1. The summed E-state index contributed by atoms with van der Waals surface area (Å²) in [7, 11) is -1.94. The van der Waals surface area contributed by atoms with Gasteiger partial charge in [-0.1, -0.05) is 53.7 Å². The molecular weight excluding hydrogens is 491 g/mol. The molecular formula is C28H45FN2O3SSi. The SMILES string of the molecule is CC(C)[Si](c1nc2c([C@H](O)C[C@H]3C[C@H](F)CCN3C(=O)OC(C)(C)C)cccc2s1)(C(C)C)C(C)C. The summed E-state index contributed by atoms with van der Waals surface area (Å²) in [4.78, 5) is 19.7. The first-order valence-electron chi connectivity index (χ1n) is 13.4. The first-order valence-corrected chi connectivity index (χ1v) is 16.4. The molecule has 1 amide bonds. The molecule has 3 atom stereocenters. The Morgan fingerprint density at radius 3 is 2.36 bits per heavy atom. The second-order valence-corrected chi connectivity index (χ2v) is 19.5. The predicted molar refractivity (Wildman–Crippen MR) is 151 cm³/mol. The van der Waals surface area contributed by atoms with Gasteiger partial charge in [0.2, 0.25) is 0 Å². The number of rotatable bonds is 7. The van der Waals surface area contributed by atoms with Crippen molar-refractivity contribution in [1.29, 1.82) is 0 Å². The van der Waals surface area contributed by atoms with E-state index >= 15 is 0 Å². The molecule has 0 radical (unpaired) electrons. The summed E-state index contributed by atoms with van der Waals surface area (Å²) in [5.41, 5.74) is 2.60. The number of nitrogens with zero attached hydrogens (tertiary/aromatic N) is 2. The summed E-state index contributed by atoms with van der Waals surface area (Å²) in [5, 5.41) is 11.4. The van der Waals surface area contributed by atoms with Gasteiger partial charge in [0.1, 0.15) is 19.8 Å². The molecule has 8 heteroatoms. The van der Waals surface area contributed by atoms with Crippen LogP contribution in [0.25, 0.3) is 10.2 Å². The number of likely N-dealkylation sites (tertiary alicyclic amines) is 1. The number of hydrogen-bond acceptors (Lipinski definition) is 5. The van der Waals surface area contributed by atoms with Gasteiger partial charge in [-0.2, -0.15) is 0 Å². The molecule has 2 aromatic rings. The maximum Gasteiger partial charge on any atom is 0.410 e. The van der Waals surface area contributed by atoms with Crippen molar-refractivity contribution < 1.29 is 19.0 Å². The lowest BCUT2D eigenvalue weighted by Gasteiger charge is -2.41. The van der Waals surface area contributed by atoms with E-state index < -0.39 is 38.1 Å². The highest BCUT2D eigenvalue weighted by molar-refractivity contribution is 7.31. The van der Waals surface area contributed by atoms with E-state index in [2.05, 4.69) is 47.6 Å². The molecule has 0 bridgehead atoms. The fourth-order valence-corrected chi connectivity index (χ4v) is 16.0. The Labute approximate surface area is 221 Å². The zero-order chi connectivity index (χ0) is 27.0. The number of ether oxygens (including phenoxy) is 1. The summed E-state index contributed by atoms with van der Waals surface area (Å²) in [5.74, 6) is 0. The van der Waals surface area contributed by atoms with Gasteiger partial charge < -0.3 is 14.7 Å². The van der Waals surface area contributed by atoms with Crippen LogP contribution < -0.4 is 4.63 Å². The molecule has 1 N–H and O–H groups in total. The lowest BCUT2D eigenvalue weighted by atomic mass is 9.93. The van der Waals surface area contributed by atoms with Gasteiger partial charge in [0.05, 0.1) is 21.0 Å². The van der Waals surface area contributed by atoms with Crippen molar-refractivity contribution in [2.24, 2.45) is 0 Å². The van der Waals surface area contributed by atoms with E-state index in [9.17, 15) is 14.3 Å². The Kier molecular flexibility index (Phi) is 8.94. The maximum absolute atomic E-state index is 14.4. The zero-order valence-corrected chi connectivity index (χ0v) is 25.3. The van der Waals surface area contributed by atoms with Crippen molar-refractivity contribution >= 4 is 40.4 Å². The van der Waals surface area contributed by atoms with Crippen LogP contribution in [-0.4, -0.2) is 53.5 Å². The van der Waals surface area contributed by atoms with E-state index in [-0.39, 0.29) is 12.8 Å². The molecule has 36 heavy (non-hydrogen) atoms. The van der Waals surface area contributed by atoms with Crippen LogP contribution in [0.2, 0.25) is 16.6 Å². The van der Waals surface area contributed by atoms with Crippen molar-refractivity contribution in [3.63, 3.8) is 0 Å². The van der Waals surface area contributed by atoms with E-state index in [1.807, 2.05) is 32.9 Å². The number of thiazole rings is 1. The van der Waals surface area contributed by atoms with Crippen LogP contribution >= 0.6 is 11.3 Å². The normalized spacial score (nSPS) is 20.6. The van der Waals surface area contributed by atoms with E-state index in [1.54, 1.807) is 16.2 Å². The topological polar surface area (TPSA) is 62.7 Å². The van der Waals surface area contributed by atoms with Gasteiger partial charge in [-0.15, -0.1) is 11.3 Å². The number of benzene rings is 1. The minimum absolute atomic E-state index is 0.207. The number of piperidine rings is 1. The number of fused-ring (bicyclic) bond motifs is 1. The highest BCUT2D eigenvalue weighted by Gasteiger charge is 2.47. The molecule has 2 heterocycles. The van der Waals surface area contributed by atoms with Crippen molar-refractivity contribution in [2.45, 2.75) is 122 Å². The Morgan fingerprint density at radius 1 is 1.19 bits per heavy atom. The fraction of sp³-hybridized carbons (Fsp3) is 0.714. The number of alkyl halides is 1. The molecule has 5 nitrogen and oxygen atoms in total. The number of carbonyl (C=O) groups excluding carboxylic acids is 1. The second kappa shape index (κ2) is 11.1. The van der Waals surface area contributed by atoms with Crippen LogP contribution in [0.3, 0.4) is 0 Å². The first kappa shape index (κ1) is 29.0. The van der Waals surface area contributed by atoms with Crippen molar-refractivity contribution in [3.8, 4) is 0 Å². The average molecular weight is 537 g/mol. The van der Waals surface area contributed by atoms with E-state index in [0.29, 0.717) is 29.6 Å². The Morgan fingerprint density at radius 2 is 1.81 bits per heavy atom. The second-order valence-electron chi connectivity index (χ2n) is 12.3.